The highest BCUT2D eigenvalue weighted by Gasteiger charge is 2.27. The van der Waals surface area contributed by atoms with Crippen molar-refractivity contribution in [3.8, 4) is 6.19 Å². The van der Waals surface area contributed by atoms with E-state index < -0.39 is 0 Å². The van der Waals surface area contributed by atoms with Crippen LogP contribution in [0.25, 0.3) is 0 Å². The second kappa shape index (κ2) is 3.01. The molecule has 0 aliphatic carbocycles. The maximum absolute atomic E-state index is 10.9. The Labute approximate surface area is 63.4 Å². The Morgan fingerprint density at radius 1 is 1.82 bits per heavy atom. The molecule has 0 aromatic heterocycles. The van der Waals surface area contributed by atoms with Crippen LogP contribution in [0.4, 0.5) is 0 Å². The third-order valence-corrected chi connectivity index (χ3v) is 1.53. The Kier molecular flexibility index (Phi) is 2.06. The summed E-state index contributed by atoms with van der Waals surface area (Å²) < 4.78 is 0. The van der Waals surface area contributed by atoms with Gasteiger partial charge in [-0.1, -0.05) is 0 Å². The van der Waals surface area contributed by atoms with Crippen LogP contribution in [-0.2, 0) is 9.59 Å². The van der Waals surface area contributed by atoms with Gasteiger partial charge in [-0.05, 0) is 0 Å². The van der Waals surface area contributed by atoms with Crippen molar-refractivity contribution in [2.75, 3.05) is 6.54 Å². The van der Waals surface area contributed by atoms with Gasteiger partial charge in [0.1, 0.15) is 0 Å². The molecule has 1 saturated heterocycles. The summed E-state index contributed by atoms with van der Waals surface area (Å²) in [6.07, 6.45) is 1.71. The van der Waals surface area contributed by atoms with Crippen LogP contribution in [0.15, 0.2) is 0 Å². The molecule has 1 unspecified atom stereocenters. The summed E-state index contributed by atoms with van der Waals surface area (Å²) in [7, 11) is 0. The predicted octanol–water partition coefficient (Wildman–Crippen LogP) is -1.28. The number of rotatable bonds is 1. The molecule has 0 aromatic carbocycles. The van der Waals surface area contributed by atoms with Gasteiger partial charge in [-0.3, -0.25) is 14.9 Å². The van der Waals surface area contributed by atoms with E-state index in [1.54, 1.807) is 0 Å². The molecular formula is C6H7N3O2. The van der Waals surface area contributed by atoms with Crippen LogP contribution in [0.3, 0.4) is 0 Å². The highest BCUT2D eigenvalue weighted by atomic mass is 16.2. The van der Waals surface area contributed by atoms with E-state index in [-0.39, 0.29) is 24.2 Å². The molecule has 1 rings (SSSR count). The van der Waals surface area contributed by atoms with E-state index in [9.17, 15) is 9.59 Å². The van der Waals surface area contributed by atoms with E-state index in [1.807, 2.05) is 5.32 Å². The minimum absolute atomic E-state index is 0.136. The number of nitrogens with zero attached hydrogens (tertiary/aromatic N) is 1. The van der Waals surface area contributed by atoms with Crippen LogP contribution in [-0.4, -0.2) is 18.4 Å². The molecule has 0 radical (unpaired) electrons. The number of amides is 2. The first-order chi connectivity index (χ1) is 5.24. The Morgan fingerprint density at radius 3 is 3.00 bits per heavy atom. The van der Waals surface area contributed by atoms with E-state index in [4.69, 9.17) is 5.26 Å². The topological polar surface area (TPSA) is 82.0 Å². The van der Waals surface area contributed by atoms with E-state index in [0.29, 0.717) is 6.54 Å². The molecule has 11 heavy (non-hydrogen) atoms. The molecule has 0 saturated carbocycles. The average molecular weight is 153 g/mol. The second-order valence-electron chi connectivity index (χ2n) is 2.31. The number of carbonyl (C=O) groups is 2. The molecule has 0 bridgehead atoms. The second-order valence-corrected chi connectivity index (χ2v) is 2.31. The minimum Gasteiger partial charge on any atom is -0.355 e. The lowest BCUT2D eigenvalue weighted by Gasteiger charge is -2.00. The Hall–Kier alpha value is -1.57. The Morgan fingerprint density at radius 2 is 2.55 bits per heavy atom. The molecule has 1 aliphatic heterocycles. The molecule has 1 heterocycles. The number of hydrogen-bond donors (Lipinski definition) is 2. The van der Waals surface area contributed by atoms with Gasteiger partial charge in [0.2, 0.25) is 11.8 Å². The van der Waals surface area contributed by atoms with E-state index in [1.165, 1.54) is 6.19 Å². The van der Waals surface area contributed by atoms with Gasteiger partial charge in [0.25, 0.3) is 0 Å². The molecule has 5 heteroatoms. The van der Waals surface area contributed by atoms with Gasteiger partial charge in [-0.15, -0.1) is 0 Å². The molecule has 0 spiro atoms. The van der Waals surface area contributed by atoms with E-state index in [2.05, 4.69) is 5.32 Å². The zero-order valence-corrected chi connectivity index (χ0v) is 5.76. The molecular weight excluding hydrogens is 146 g/mol. The summed E-state index contributed by atoms with van der Waals surface area (Å²) in [4.78, 5) is 21.5. The lowest BCUT2D eigenvalue weighted by Crippen LogP contribution is -2.28. The third-order valence-electron chi connectivity index (χ3n) is 1.53. The lowest BCUT2D eigenvalue weighted by atomic mass is 10.1. The summed E-state index contributed by atoms with van der Waals surface area (Å²) in [5.41, 5.74) is 0. The zero-order chi connectivity index (χ0) is 8.27. The predicted molar refractivity (Wildman–Crippen MR) is 34.9 cm³/mol. The largest absolute Gasteiger partial charge is 0.355 e. The van der Waals surface area contributed by atoms with E-state index >= 15 is 0 Å². The monoisotopic (exact) mass is 153 g/mol. The smallest absolute Gasteiger partial charge is 0.238 e. The average Bonchev–Trinajstić information content (AvgIpc) is 2.36. The lowest BCUT2D eigenvalue weighted by molar-refractivity contribution is -0.125. The van der Waals surface area contributed by atoms with Crippen molar-refractivity contribution in [3.05, 3.63) is 0 Å². The minimum atomic E-state index is -0.383. The fourth-order valence-corrected chi connectivity index (χ4v) is 0.948. The van der Waals surface area contributed by atoms with Crippen LogP contribution in [0.1, 0.15) is 6.42 Å². The molecule has 1 atom stereocenters. The highest BCUT2D eigenvalue weighted by Crippen LogP contribution is 2.07. The van der Waals surface area contributed by atoms with Crippen LogP contribution >= 0.6 is 0 Å². The fraction of sp³-hybridized carbons (Fsp3) is 0.500. The maximum atomic E-state index is 10.9. The highest BCUT2D eigenvalue weighted by molar-refractivity contribution is 5.89. The third kappa shape index (κ3) is 1.67. The molecule has 1 aliphatic rings. The van der Waals surface area contributed by atoms with Crippen molar-refractivity contribution in [2.45, 2.75) is 6.42 Å². The van der Waals surface area contributed by atoms with Crippen molar-refractivity contribution in [1.82, 2.24) is 10.6 Å². The molecule has 5 nitrogen and oxygen atoms in total. The fourth-order valence-electron chi connectivity index (χ4n) is 0.948. The number of nitrogens with one attached hydrogen (secondary N) is 2. The first-order valence-corrected chi connectivity index (χ1v) is 3.19. The summed E-state index contributed by atoms with van der Waals surface area (Å²) in [5, 5.41) is 12.6. The number of nitriles is 1. The van der Waals surface area contributed by atoms with Gasteiger partial charge in [0.05, 0.1) is 5.92 Å². The molecule has 0 aromatic rings. The zero-order valence-electron chi connectivity index (χ0n) is 5.76. The number of hydrogen-bond acceptors (Lipinski definition) is 3. The van der Waals surface area contributed by atoms with Gasteiger partial charge in [0, 0.05) is 13.0 Å². The first-order valence-electron chi connectivity index (χ1n) is 3.19. The van der Waals surface area contributed by atoms with Crippen molar-refractivity contribution in [3.63, 3.8) is 0 Å². The molecule has 2 amide bonds. The Bertz CT molecular complexity index is 230. The summed E-state index contributed by atoms with van der Waals surface area (Å²) in [6, 6.07) is 0. The van der Waals surface area contributed by atoms with Crippen LogP contribution in [0, 0.1) is 17.4 Å². The van der Waals surface area contributed by atoms with Crippen molar-refractivity contribution < 1.29 is 9.59 Å². The first kappa shape index (κ1) is 7.54. The standard InChI is InChI=1S/C6H7N3O2/c7-3-9-6(11)4-1-5(10)8-2-4/h4H,1-2H2,(H,8,10)(H,9,11). The number of carbonyl (C=O) groups excluding carboxylic acids is 2. The van der Waals surface area contributed by atoms with Crippen molar-refractivity contribution in [1.29, 1.82) is 5.26 Å². The quantitative estimate of drug-likeness (QED) is 0.363. The van der Waals surface area contributed by atoms with Crippen LogP contribution < -0.4 is 10.6 Å². The van der Waals surface area contributed by atoms with Crippen molar-refractivity contribution in [2.24, 2.45) is 5.92 Å². The molecule has 1 fully saturated rings. The van der Waals surface area contributed by atoms with Gasteiger partial charge in [-0.25, -0.2) is 0 Å². The SMILES string of the molecule is N#CNC(=O)C1CNC(=O)C1. The van der Waals surface area contributed by atoms with E-state index in [0.717, 1.165) is 0 Å². The normalized spacial score (nSPS) is 22.1. The molecule has 58 valence electrons. The van der Waals surface area contributed by atoms with Gasteiger partial charge >= 0.3 is 0 Å². The van der Waals surface area contributed by atoms with Crippen LogP contribution in [0.5, 0.6) is 0 Å². The van der Waals surface area contributed by atoms with Gasteiger partial charge in [-0.2, -0.15) is 5.26 Å². The molecule has 2 N–H and O–H groups in total. The maximum Gasteiger partial charge on any atom is 0.238 e. The summed E-state index contributed by atoms with van der Waals surface area (Å²) in [5.74, 6) is -0.893. The van der Waals surface area contributed by atoms with Gasteiger partial charge < -0.3 is 5.32 Å². The van der Waals surface area contributed by atoms with Crippen molar-refractivity contribution >= 4 is 11.8 Å². The van der Waals surface area contributed by atoms with Gasteiger partial charge in [0.15, 0.2) is 6.19 Å². The van der Waals surface area contributed by atoms with Crippen LogP contribution in [0.2, 0.25) is 0 Å². The summed E-state index contributed by atoms with van der Waals surface area (Å²) in [6.45, 7) is 0.340. The summed E-state index contributed by atoms with van der Waals surface area (Å²) >= 11 is 0. The Balaban J connectivity index is 2.44.